The number of benzene rings is 4. The molecule has 0 amide bonds. The molecule has 3 aliphatic heterocycles. The summed E-state index contributed by atoms with van der Waals surface area (Å²) < 4.78 is 5.70. The molecule has 4 aromatic carbocycles. The van der Waals surface area contributed by atoms with Crippen LogP contribution < -0.4 is 24.8 Å². The van der Waals surface area contributed by atoms with Crippen molar-refractivity contribution in [1.29, 1.82) is 0 Å². The topological polar surface area (TPSA) is 33.1 Å². The summed E-state index contributed by atoms with van der Waals surface area (Å²) in [5, 5.41) is 5.24. The average Bonchev–Trinajstić information content (AvgIpc) is 3.37. The second kappa shape index (κ2) is 8.56. The van der Waals surface area contributed by atoms with Crippen LogP contribution in [-0.4, -0.2) is 20.3 Å². The molecule has 0 fully saturated rings. The van der Waals surface area contributed by atoms with Gasteiger partial charge in [0.25, 0.3) is 0 Å². The van der Waals surface area contributed by atoms with Crippen molar-refractivity contribution in [3.05, 3.63) is 94.7 Å². The average molecular weight is 572 g/mol. The van der Waals surface area contributed by atoms with E-state index >= 15 is 0 Å². The molecule has 7 rings (SSSR count). The molecule has 0 unspecified atom stereocenters. The first kappa shape index (κ1) is 23.9. The summed E-state index contributed by atoms with van der Waals surface area (Å²) in [4.78, 5) is 7.43. The summed E-state index contributed by atoms with van der Waals surface area (Å²) in [6, 6.07) is 26.0. The summed E-state index contributed by atoms with van der Waals surface area (Å²) in [5.74, 6) is 0.905. The minimum absolute atomic E-state index is 0. The molecule has 0 spiro atoms. The minimum atomic E-state index is -0.0898. The van der Waals surface area contributed by atoms with Gasteiger partial charge in [-0.25, -0.2) is 0 Å². The second-order valence-corrected chi connectivity index (χ2v) is 9.93. The van der Waals surface area contributed by atoms with E-state index in [0.717, 1.165) is 22.7 Å². The number of para-hydroxylation sites is 2. The van der Waals surface area contributed by atoms with E-state index in [1.807, 2.05) is 6.07 Å². The molecule has 0 aromatic heterocycles. The van der Waals surface area contributed by atoms with Crippen LogP contribution in [-0.2, 0) is 19.5 Å². The molecule has 0 bridgehead atoms. The third-order valence-electron chi connectivity index (χ3n) is 8.14. The predicted molar refractivity (Wildman–Crippen MR) is 151 cm³/mol. The van der Waals surface area contributed by atoms with Gasteiger partial charge in [0.15, 0.2) is 6.98 Å². The van der Waals surface area contributed by atoms with Gasteiger partial charge in [0.2, 0.25) is 0 Å². The van der Waals surface area contributed by atoms with Gasteiger partial charge in [-0.1, -0.05) is 47.9 Å². The van der Waals surface area contributed by atoms with Crippen LogP contribution in [0.4, 0.5) is 39.8 Å². The Morgan fingerprint density at radius 1 is 0.730 bits per heavy atom. The maximum absolute atomic E-state index is 5.70. The number of rotatable bonds is 2. The molecule has 37 heavy (non-hydrogen) atoms. The Bertz CT molecular complexity index is 1560. The molecule has 1 radical (unpaired) electrons. The molecule has 185 valence electrons. The van der Waals surface area contributed by atoms with Crippen LogP contribution >= 0.6 is 0 Å². The van der Waals surface area contributed by atoms with E-state index < -0.39 is 0 Å². The molecule has 0 N–H and O–H groups in total. The number of hydrogen-bond donors (Lipinski definition) is 0. The van der Waals surface area contributed by atoms with Crippen LogP contribution in [0.3, 0.4) is 0 Å². The zero-order valence-electron chi connectivity index (χ0n) is 21.6. The van der Waals surface area contributed by atoms with Crippen molar-refractivity contribution in [2.24, 2.45) is 0 Å². The largest absolute Gasteiger partial charge is 1.00 e. The van der Waals surface area contributed by atoms with Gasteiger partial charge in [0.05, 0.1) is 24.2 Å². The fourth-order valence-electron chi connectivity index (χ4n) is 6.29. The molecule has 3 heterocycles. The normalized spacial score (nSPS) is 16.3. The van der Waals surface area contributed by atoms with E-state index in [2.05, 4.69) is 109 Å². The van der Waals surface area contributed by atoms with Crippen LogP contribution in [0.15, 0.2) is 72.8 Å². The first-order chi connectivity index (χ1) is 17.5. The third-order valence-corrected chi connectivity index (χ3v) is 8.14. The van der Waals surface area contributed by atoms with Crippen LogP contribution in [0.2, 0.25) is 0 Å². The Morgan fingerprint density at radius 2 is 1.43 bits per heavy atom. The quantitative estimate of drug-likeness (QED) is 0.240. The van der Waals surface area contributed by atoms with Gasteiger partial charge >= 0.3 is 19.5 Å². The molecule has 7 heteroatoms. The zero-order valence-corrected chi connectivity index (χ0v) is 23.4. The molecule has 1 atom stereocenters. The Hall–Kier alpha value is -3.43. The van der Waals surface area contributed by atoms with Gasteiger partial charge in [-0.2, -0.15) is 0 Å². The van der Waals surface area contributed by atoms with E-state index in [9.17, 15) is 0 Å². The van der Waals surface area contributed by atoms with E-state index in [-0.39, 0.29) is 32.6 Å². The fraction of sp³-hybridized carbons (Fsp3) is 0.200. The molecular formula is C30H28BN4ORu. The summed E-state index contributed by atoms with van der Waals surface area (Å²) in [7, 11) is 1.74. The molecular weight excluding hydrogens is 544 g/mol. The van der Waals surface area contributed by atoms with Crippen molar-refractivity contribution in [3.63, 3.8) is 0 Å². The van der Waals surface area contributed by atoms with E-state index in [0.29, 0.717) is 0 Å². The van der Waals surface area contributed by atoms with Gasteiger partial charge in [0.1, 0.15) is 11.9 Å². The Morgan fingerprint density at radius 3 is 2.24 bits per heavy atom. The van der Waals surface area contributed by atoms with Gasteiger partial charge < -0.3 is 24.6 Å². The maximum atomic E-state index is 5.70. The second-order valence-electron chi connectivity index (χ2n) is 9.93. The SMILES string of the molecule is COc1cccc(N2c3cccc4c3N(c3c(ccc(C)c3C)B3[N-]c5ccccc5N34)[C@@H]2C)c1C.[Ru+]. The first-order valence-electron chi connectivity index (χ1n) is 12.6. The van der Waals surface area contributed by atoms with E-state index in [1.165, 1.54) is 45.0 Å². The summed E-state index contributed by atoms with van der Waals surface area (Å²) in [5.41, 5.74) is 13.2. The summed E-state index contributed by atoms with van der Waals surface area (Å²) in [6.45, 7) is 8.81. The number of anilines is 6. The van der Waals surface area contributed by atoms with Crippen molar-refractivity contribution in [2.45, 2.75) is 33.9 Å². The number of methoxy groups -OCH3 is 1. The third kappa shape index (κ3) is 3.13. The Kier molecular flexibility index (Phi) is 5.54. The summed E-state index contributed by atoms with van der Waals surface area (Å²) >= 11 is 0. The van der Waals surface area contributed by atoms with Gasteiger partial charge in [-0.05, 0) is 69.2 Å². The van der Waals surface area contributed by atoms with Gasteiger partial charge in [-0.15, -0.1) is 5.69 Å². The number of nitrogens with zero attached hydrogens (tertiary/aromatic N) is 4. The molecule has 5 nitrogen and oxygen atoms in total. The van der Waals surface area contributed by atoms with Gasteiger partial charge in [-0.3, -0.25) is 0 Å². The molecule has 3 aliphatic rings. The van der Waals surface area contributed by atoms with Crippen molar-refractivity contribution < 1.29 is 24.2 Å². The van der Waals surface area contributed by atoms with Crippen LogP contribution in [0.1, 0.15) is 23.6 Å². The Balaban J connectivity index is 0.00000252. The van der Waals surface area contributed by atoms with Crippen molar-refractivity contribution in [1.82, 2.24) is 0 Å². The zero-order chi connectivity index (χ0) is 24.7. The molecule has 0 saturated heterocycles. The van der Waals surface area contributed by atoms with E-state index in [4.69, 9.17) is 9.96 Å². The Labute approximate surface area is 231 Å². The van der Waals surface area contributed by atoms with Crippen LogP contribution in [0.25, 0.3) is 5.23 Å². The summed E-state index contributed by atoms with van der Waals surface area (Å²) in [6.07, 6.45) is 0.0708. The van der Waals surface area contributed by atoms with Crippen LogP contribution in [0, 0.1) is 20.8 Å². The monoisotopic (exact) mass is 573 g/mol. The van der Waals surface area contributed by atoms with Crippen molar-refractivity contribution in [2.75, 3.05) is 21.7 Å². The first-order valence-corrected chi connectivity index (χ1v) is 12.6. The molecule has 0 saturated carbocycles. The maximum Gasteiger partial charge on any atom is 1.00 e. The molecule has 0 aliphatic carbocycles. The van der Waals surface area contributed by atoms with E-state index in [1.54, 1.807) is 7.11 Å². The number of ether oxygens (including phenoxy) is 1. The van der Waals surface area contributed by atoms with Crippen molar-refractivity contribution >= 4 is 52.3 Å². The number of aryl methyl sites for hydroxylation is 1. The molecule has 4 aromatic rings. The predicted octanol–water partition coefficient (Wildman–Crippen LogP) is 7.12. The standard InChI is InChI=1S/C30H28BN4O.Ru/c1-18-16-17-22-29(19(18)2)34-21(4)33(24-12-9-15-28(36-5)20(24)3)26-13-8-14-27(30(26)34)35-25-11-7-6-10-23(25)32-31(22)35;/h6-17,21H,1-5H3;/q-1;+1/t21-;/m1./s1. The smallest absolute Gasteiger partial charge is 0.683 e. The van der Waals surface area contributed by atoms with Crippen molar-refractivity contribution in [3.8, 4) is 5.75 Å². The van der Waals surface area contributed by atoms with Gasteiger partial charge in [0, 0.05) is 22.6 Å². The fourth-order valence-corrected chi connectivity index (χ4v) is 6.29. The minimum Gasteiger partial charge on any atom is -0.683 e. The number of hydrogen-bond acceptors (Lipinski definition) is 4. The number of fused-ring (bicyclic) bond motifs is 7. The van der Waals surface area contributed by atoms with Crippen LogP contribution in [0.5, 0.6) is 5.75 Å².